The third-order valence-electron chi connectivity index (χ3n) is 1.68. The van der Waals surface area contributed by atoms with Crippen LogP contribution < -0.4 is 4.74 Å². The third-order valence-corrected chi connectivity index (χ3v) is 2.21. The molecule has 0 spiro atoms. The van der Waals surface area contributed by atoms with E-state index < -0.39 is 11.6 Å². The minimum atomic E-state index is -0.677. The van der Waals surface area contributed by atoms with E-state index in [0.717, 1.165) is 0 Å². The van der Waals surface area contributed by atoms with Crippen LogP contribution in [0.3, 0.4) is 0 Å². The molecule has 4 heteroatoms. The molecule has 1 unspecified atom stereocenters. The highest BCUT2D eigenvalue weighted by atomic mass is 79.9. The highest BCUT2D eigenvalue weighted by Gasteiger charge is 2.13. The zero-order valence-electron chi connectivity index (χ0n) is 7.27. The first-order valence-electron chi connectivity index (χ1n) is 3.73. The van der Waals surface area contributed by atoms with Gasteiger partial charge in [0.1, 0.15) is 0 Å². The van der Waals surface area contributed by atoms with Crippen LogP contribution in [0.4, 0.5) is 8.78 Å². The first kappa shape index (κ1) is 10.4. The second-order valence-electron chi connectivity index (χ2n) is 2.63. The molecule has 1 aromatic carbocycles. The summed E-state index contributed by atoms with van der Waals surface area (Å²) in [6.07, 6.45) is 0. The maximum atomic E-state index is 13.1. The van der Waals surface area contributed by atoms with Gasteiger partial charge in [0.05, 0.1) is 7.11 Å². The van der Waals surface area contributed by atoms with E-state index in [1.165, 1.54) is 19.2 Å². The summed E-state index contributed by atoms with van der Waals surface area (Å²) >= 11 is 3.22. The average molecular weight is 251 g/mol. The van der Waals surface area contributed by atoms with E-state index in [0.29, 0.717) is 5.56 Å². The molecule has 72 valence electrons. The Morgan fingerprint density at radius 3 is 2.08 bits per heavy atom. The Labute approximate surface area is 83.8 Å². The smallest absolute Gasteiger partial charge is 0.190 e. The summed E-state index contributed by atoms with van der Waals surface area (Å²) in [5.74, 6) is -1.69. The van der Waals surface area contributed by atoms with Gasteiger partial charge in [-0.25, -0.2) is 8.78 Å². The minimum Gasteiger partial charge on any atom is -0.491 e. The number of rotatable bonds is 2. The van der Waals surface area contributed by atoms with Crippen molar-refractivity contribution in [2.24, 2.45) is 0 Å². The van der Waals surface area contributed by atoms with Crippen LogP contribution in [0.1, 0.15) is 17.3 Å². The number of alkyl halides is 1. The van der Waals surface area contributed by atoms with Gasteiger partial charge in [-0.1, -0.05) is 15.9 Å². The molecule has 13 heavy (non-hydrogen) atoms. The molecule has 0 fully saturated rings. The van der Waals surface area contributed by atoms with Gasteiger partial charge >= 0.3 is 0 Å². The monoisotopic (exact) mass is 250 g/mol. The summed E-state index contributed by atoms with van der Waals surface area (Å²) in [6, 6.07) is 2.50. The first-order valence-corrected chi connectivity index (χ1v) is 4.64. The number of halogens is 3. The Bertz CT molecular complexity index is 289. The Morgan fingerprint density at radius 2 is 1.77 bits per heavy atom. The van der Waals surface area contributed by atoms with Gasteiger partial charge in [0.15, 0.2) is 17.4 Å². The summed E-state index contributed by atoms with van der Waals surface area (Å²) in [4.78, 5) is -0.0811. The van der Waals surface area contributed by atoms with Crippen molar-refractivity contribution in [3.05, 3.63) is 29.3 Å². The van der Waals surface area contributed by atoms with Crippen LogP contribution in [0, 0.1) is 11.6 Å². The van der Waals surface area contributed by atoms with Gasteiger partial charge in [-0.3, -0.25) is 0 Å². The maximum absolute atomic E-state index is 13.1. The van der Waals surface area contributed by atoms with E-state index in [1.54, 1.807) is 6.92 Å². The quantitative estimate of drug-likeness (QED) is 0.731. The van der Waals surface area contributed by atoms with Crippen molar-refractivity contribution < 1.29 is 13.5 Å². The molecule has 1 aromatic rings. The van der Waals surface area contributed by atoms with Crippen LogP contribution in [0.25, 0.3) is 0 Å². The number of hydrogen-bond donors (Lipinski definition) is 0. The van der Waals surface area contributed by atoms with Crippen molar-refractivity contribution in [2.75, 3.05) is 7.11 Å². The van der Waals surface area contributed by atoms with Crippen LogP contribution in [0.15, 0.2) is 12.1 Å². The normalized spacial score (nSPS) is 12.7. The summed E-state index contributed by atoms with van der Waals surface area (Å²) in [5, 5.41) is 0. The Morgan fingerprint density at radius 1 is 1.31 bits per heavy atom. The second-order valence-corrected chi connectivity index (χ2v) is 4.01. The highest BCUT2D eigenvalue weighted by molar-refractivity contribution is 9.09. The van der Waals surface area contributed by atoms with Gasteiger partial charge in [0.25, 0.3) is 0 Å². The molecular formula is C9H9BrF2O. The predicted molar refractivity (Wildman–Crippen MR) is 50.3 cm³/mol. The van der Waals surface area contributed by atoms with Crippen LogP contribution in [-0.2, 0) is 0 Å². The third kappa shape index (κ3) is 2.18. The Kier molecular flexibility index (Phi) is 3.25. The van der Waals surface area contributed by atoms with Gasteiger partial charge in [0.2, 0.25) is 0 Å². The fraction of sp³-hybridized carbons (Fsp3) is 0.333. The Hall–Kier alpha value is -0.640. The molecule has 0 aliphatic carbocycles. The summed E-state index contributed by atoms with van der Waals surface area (Å²) < 4.78 is 30.7. The lowest BCUT2D eigenvalue weighted by Gasteiger charge is -2.07. The molecular weight excluding hydrogens is 242 g/mol. The molecule has 0 bridgehead atoms. The van der Waals surface area contributed by atoms with Crippen molar-refractivity contribution >= 4 is 15.9 Å². The number of methoxy groups -OCH3 is 1. The lowest BCUT2D eigenvalue weighted by molar-refractivity contribution is 0.359. The molecule has 0 saturated heterocycles. The minimum absolute atomic E-state index is 0.0811. The van der Waals surface area contributed by atoms with Crippen molar-refractivity contribution in [3.63, 3.8) is 0 Å². The Balaban J connectivity index is 3.20. The van der Waals surface area contributed by atoms with E-state index in [9.17, 15) is 8.78 Å². The maximum Gasteiger partial charge on any atom is 0.190 e. The molecule has 0 radical (unpaired) electrons. The molecule has 0 amide bonds. The van der Waals surface area contributed by atoms with E-state index in [2.05, 4.69) is 20.7 Å². The van der Waals surface area contributed by atoms with Crippen molar-refractivity contribution in [1.29, 1.82) is 0 Å². The molecule has 1 nitrogen and oxygen atoms in total. The van der Waals surface area contributed by atoms with Gasteiger partial charge in [-0.05, 0) is 24.6 Å². The molecule has 0 N–H and O–H groups in total. The average Bonchev–Trinajstić information content (AvgIpc) is 2.03. The summed E-state index contributed by atoms with van der Waals surface area (Å²) in [7, 11) is 1.23. The molecule has 0 aliphatic heterocycles. The molecule has 0 heterocycles. The lowest BCUT2D eigenvalue weighted by atomic mass is 10.1. The zero-order chi connectivity index (χ0) is 10.0. The van der Waals surface area contributed by atoms with Gasteiger partial charge < -0.3 is 4.74 Å². The van der Waals surface area contributed by atoms with Crippen molar-refractivity contribution in [3.8, 4) is 5.75 Å². The lowest BCUT2D eigenvalue weighted by Crippen LogP contribution is -1.95. The van der Waals surface area contributed by atoms with Crippen molar-refractivity contribution in [1.82, 2.24) is 0 Å². The summed E-state index contributed by atoms with van der Waals surface area (Å²) in [6.45, 7) is 1.79. The van der Waals surface area contributed by atoms with E-state index in [4.69, 9.17) is 0 Å². The van der Waals surface area contributed by atoms with E-state index in [1.807, 2.05) is 0 Å². The van der Waals surface area contributed by atoms with Crippen LogP contribution in [-0.4, -0.2) is 7.11 Å². The predicted octanol–water partition coefficient (Wildman–Crippen LogP) is 3.43. The van der Waals surface area contributed by atoms with Crippen LogP contribution >= 0.6 is 15.9 Å². The van der Waals surface area contributed by atoms with Crippen LogP contribution in [0.5, 0.6) is 5.75 Å². The zero-order valence-corrected chi connectivity index (χ0v) is 8.86. The molecule has 0 aliphatic rings. The SMILES string of the molecule is COc1c(F)cc(C(C)Br)cc1F. The van der Waals surface area contributed by atoms with Crippen molar-refractivity contribution in [2.45, 2.75) is 11.8 Å². The van der Waals surface area contributed by atoms with Gasteiger partial charge in [-0.2, -0.15) is 0 Å². The number of ether oxygens (including phenoxy) is 1. The largest absolute Gasteiger partial charge is 0.491 e. The van der Waals surface area contributed by atoms with E-state index >= 15 is 0 Å². The van der Waals surface area contributed by atoms with Gasteiger partial charge in [0, 0.05) is 4.83 Å². The summed E-state index contributed by atoms with van der Waals surface area (Å²) in [5.41, 5.74) is 0.552. The van der Waals surface area contributed by atoms with Gasteiger partial charge in [-0.15, -0.1) is 0 Å². The number of benzene rings is 1. The molecule has 1 rings (SSSR count). The fourth-order valence-corrected chi connectivity index (χ4v) is 1.27. The highest BCUT2D eigenvalue weighted by Crippen LogP contribution is 2.28. The standard InChI is InChI=1S/C9H9BrF2O/c1-5(10)6-3-7(11)9(13-2)8(12)4-6/h3-5H,1-2H3. The molecule has 0 aromatic heterocycles. The molecule has 0 saturated carbocycles. The topological polar surface area (TPSA) is 9.23 Å². The second kappa shape index (κ2) is 4.05. The molecule has 1 atom stereocenters. The first-order chi connectivity index (χ1) is 6.06. The fourth-order valence-electron chi connectivity index (χ4n) is 1.00. The van der Waals surface area contributed by atoms with Crippen LogP contribution in [0.2, 0.25) is 0 Å². The van der Waals surface area contributed by atoms with E-state index in [-0.39, 0.29) is 10.6 Å². The number of hydrogen-bond acceptors (Lipinski definition) is 1.